The van der Waals surface area contributed by atoms with Gasteiger partial charge in [-0.3, -0.25) is 9.78 Å². The van der Waals surface area contributed by atoms with E-state index in [2.05, 4.69) is 4.98 Å². The van der Waals surface area contributed by atoms with E-state index in [1.165, 1.54) is 0 Å². The molecule has 110 valence electrons. The average Bonchev–Trinajstić information content (AvgIpc) is 2.49. The van der Waals surface area contributed by atoms with Crippen molar-refractivity contribution in [1.29, 1.82) is 0 Å². The van der Waals surface area contributed by atoms with Crippen molar-refractivity contribution >= 4 is 17.3 Å². The van der Waals surface area contributed by atoms with Crippen molar-refractivity contribution < 1.29 is 4.79 Å². The Bertz CT molecular complexity index is 606. The van der Waals surface area contributed by atoms with Crippen LogP contribution in [0.25, 0.3) is 0 Å². The third kappa shape index (κ3) is 3.05. The number of likely N-dealkylation sites (N-methyl/N-ethyl adjacent to an activating group) is 1. The number of nitrogens with zero attached hydrogens (tertiary/aromatic N) is 2. The van der Waals surface area contributed by atoms with E-state index < -0.39 is 5.41 Å². The van der Waals surface area contributed by atoms with Crippen LogP contribution in [0.3, 0.4) is 0 Å². The number of benzene rings is 1. The van der Waals surface area contributed by atoms with Crippen molar-refractivity contribution in [1.82, 2.24) is 4.98 Å². The molecule has 4 heteroatoms. The fraction of sp³-hybridized carbons (Fsp3) is 0.294. The van der Waals surface area contributed by atoms with E-state index in [9.17, 15) is 4.79 Å². The number of rotatable bonds is 4. The molecule has 2 aromatic rings. The van der Waals surface area contributed by atoms with Crippen LogP contribution >= 0.6 is 0 Å². The summed E-state index contributed by atoms with van der Waals surface area (Å²) >= 11 is 0. The van der Waals surface area contributed by atoms with Gasteiger partial charge in [-0.2, -0.15) is 0 Å². The summed E-state index contributed by atoms with van der Waals surface area (Å²) < 4.78 is 0. The number of amides is 1. The van der Waals surface area contributed by atoms with Crippen molar-refractivity contribution in [2.24, 2.45) is 0 Å². The van der Waals surface area contributed by atoms with Crippen LogP contribution in [0.2, 0.25) is 0 Å². The number of carbonyl (C=O) groups is 1. The molecule has 2 N–H and O–H groups in total. The lowest BCUT2D eigenvalue weighted by molar-refractivity contribution is -0.123. The number of carbonyl (C=O) groups excluding carboxylic acids is 1. The summed E-state index contributed by atoms with van der Waals surface area (Å²) in [7, 11) is 0. The van der Waals surface area contributed by atoms with E-state index in [4.69, 9.17) is 5.73 Å². The van der Waals surface area contributed by atoms with Gasteiger partial charge in [-0.1, -0.05) is 12.1 Å². The molecule has 21 heavy (non-hydrogen) atoms. The molecule has 0 spiro atoms. The fourth-order valence-electron chi connectivity index (χ4n) is 2.33. The quantitative estimate of drug-likeness (QED) is 0.877. The predicted molar refractivity (Wildman–Crippen MR) is 86.1 cm³/mol. The van der Waals surface area contributed by atoms with Crippen molar-refractivity contribution in [3.63, 3.8) is 0 Å². The van der Waals surface area contributed by atoms with Crippen LogP contribution in [0, 0.1) is 0 Å². The maximum atomic E-state index is 13.0. The fourth-order valence-corrected chi connectivity index (χ4v) is 2.33. The second-order valence-corrected chi connectivity index (χ2v) is 5.50. The Balaban J connectivity index is 2.34. The SMILES string of the molecule is CCN(C(=O)C(C)(C)c1ccc(N)cc1)c1ccncc1. The van der Waals surface area contributed by atoms with Gasteiger partial charge in [0.25, 0.3) is 0 Å². The van der Waals surface area contributed by atoms with Gasteiger partial charge < -0.3 is 10.6 Å². The lowest BCUT2D eigenvalue weighted by Gasteiger charge is -2.31. The average molecular weight is 283 g/mol. The highest BCUT2D eigenvalue weighted by atomic mass is 16.2. The van der Waals surface area contributed by atoms with Crippen LogP contribution in [0.5, 0.6) is 0 Å². The first-order valence-electron chi connectivity index (χ1n) is 7.05. The molecule has 0 radical (unpaired) electrons. The molecule has 2 rings (SSSR count). The molecule has 1 aromatic carbocycles. The molecule has 4 nitrogen and oxygen atoms in total. The van der Waals surface area contributed by atoms with Crippen LogP contribution in [-0.4, -0.2) is 17.4 Å². The van der Waals surface area contributed by atoms with Crippen LogP contribution in [0.15, 0.2) is 48.8 Å². The van der Waals surface area contributed by atoms with Gasteiger partial charge in [0, 0.05) is 30.3 Å². The normalized spacial score (nSPS) is 11.2. The molecule has 0 unspecified atom stereocenters. The number of aromatic nitrogens is 1. The molecule has 0 saturated carbocycles. The molecule has 0 atom stereocenters. The summed E-state index contributed by atoms with van der Waals surface area (Å²) in [5.74, 6) is 0.0565. The van der Waals surface area contributed by atoms with Crippen molar-refractivity contribution in [3.05, 3.63) is 54.4 Å². The minimum atomic E-state index is -0.618. The van der Waals surface area contributed by atoms with Crippen molar-refractivity contribution in [2.45, 2.75) is 26.2 Å². The Hall–Kier alpha value is -2.36. The first kappa shape index (κ1) is 15.0. The highest BCUT2D eigenvalue weighted by Gasteiger charge is 2.33. The molecular formula is C17H21N3O. The number of anilines is 2. The molecule has 1 aromatic heterocycles. The second-order valence-electron chi connectivity index (χ2n) is 5.50. The maximum absolute atomic E-state index is 13.0. The highest BCUT2D eigenvalue weighted by molar-refractivity contribution is 6.00. The van der Waals surface area contributed by atoms with Gasteiger partial charge in [0.2, 0.25) is 5.91 Å². The Morgan fingerprint density at radius 1 is 1.14 bits per heavy atom. The van der Waals surface area contributed by atoms with Gasteiger partial charge in [-0.05, 0) is 50.6 Å². The Kier molecular flexibility index (Phi) is 4.26. The summed E-state index contributed by atoms with van der Waals surface area (Å²) in [4.78, 5) is 18.7. The number of hydrogen-bond donors (Lipinski definition) is 1. The summed E-state index contributed by atoms with van der Waals surface area (Å²) in [6, 6.07) is 11.2. The van der Waals surface area contributed by atoms with Crippen molar-refractivity contribution in [2.75, 3.05) is 17.2 Å². The molecule has 1 heterocycles. The predicted octanol–water partition coefficient (Wildman–Crippen LogP) is 2.99. The van der Waals surface area contributed by atoms with Gasteiger partial charge >= 0.3 is 0 Å². The number of nitrogen functional groups attached to an aromatic ring is 1. The molecule has 0 fully saturated rings. The van der Waals surface area contributed by atoms with Gasteiger partial charge in [-0.25, -0.2) is 0 Å². The summed E-state index contributed by atoms with van der Waals surface area (Å²) in [6.45, 7) is 6.45. The van der Waals surface area contributed by atoms with E-state index in [0.717, 1.165) is 11.3 Å². The Morgan fingerprint density at radius 2 is 1.71 bits per heavy atom. The first-order chi connectivity index (χ1) is 9.96. The van der Waals surface area contributed by atoms with Crippen molar-refractivity contribution in [3.8, 4) is 0 Å². The van der Waals surface area contributed by atoms with Crippen LogP contribution < -0.4 is 10.6 Å². The monoisotopic (exact) mass is 283 g/mol. The van der Waals surface area contributed by atoms with E-state index in [-0.39, 0.29) is 5.91 Å². The zero-order chi connectivity index (χ0) is 15.5. The molecule has 0 aliphatic rings. The lowest BCUT2D eigenvalue weighted by atomic mass is 9.83. The van der Waals surface area contributed by atoms with Crippen LogP contribution in [0.4, 0.5) is 11.4 Å². The number of pyridine rings is 1. The zero-order valence-corrected chi connectivity index (χ0v) is 12.7. The highest BCUT2D eigenvalue weighted by Crippen LogP contribution is 2.28. The third-order valence-corrected chi connectivity index (χ3v) is 3.70. The third-order valence-electron chi connectivity index (χ3n) is 3.70. The minimum absolute atomic E-state index is 0.0565. The lowest BCUT2D eigenvalue weighted by Crippen LogP contribution is -2.43. The largest absolute Gasteiger partial charge is 0.399 e. The maximum Gasteiger partial charge on any atom is 0.237 e. The molecule has 0 aliphatic heterocycles. The van der Waals surface area contributed by atoms with Crippen LogP contribution in [-0.2, 0) is 10.2 Å². The molecule has 0 aliphatic carbocycles. The summed E-state index contributed by atoms with van der Waals surface area (Å²) in [6.07, 6.45) is 3.39. The van der Waals surface area contributed by atoms with Gasteiger partial charge in [0.05, 0.1) is 5.41 Å². The van der Waals surface area contributed by atoms with E-state index in [1.54, 1.807) is 17.3 Å². The van der Waals surface area contributed by atoms with E-state index >= 15 is 0 Å². The smallest absolute Gasteiger partial charge is 0.237 e. The van der Waals surface area contributed by atoms with Gasteiger partial charge in [-0.15, -0.1) is 0 Å². The molecule has 0 bridgehead atoms. The summed E-state index contributed by atoms with van der Waals surface area (Å²) in [5.41, 5.74) is 7.62. The Morgan fingerprint density at radius 3 is 2.24 bits per heavy atom. The standard InChI is InChI=1S/C17H21N3O/c1-4-20(15-9-11-19-12-10-15)16(21)17(2,3)13-5-7-14(18)8-6-13/h5-12H,4,18H2,1-3H3. The zero-order valence-electron chi connectivity index (χ0n) is 12.7. The molecule has 1 amide bonds. The van der Waals surface area contributed by atoms with Crippen LogP contribution in [0.1, 0.15) is 26.3 Å². The molecular weight excluding hydrogens is 262 g/mol. The first-order valence-corrected chi connectivity index (χ1v) is 7.05. The van der Waals surface area contributed by atoms with Gasteiger partial charge in [0.15, 0.2) is 0 Å². The Labute approximate surface area is 125 Å². The van der Waals surface area contributed by atoms with Gasteiger partial charge in [0.1, 0.15) is 0 Å². The summed E-state index contributed by atoms with van der Waals surface area (Å²) in [5, 5.41) is 0. The number of hydrogen-bond acceptors (Lipinski definition) is 3. The molecule has 0 saturated heterocycles. The van der Waals surface area contributed by atoms with E-state index in [0.29, 0.717) is 12.2 Å². The second kappa shape index (κ2) is 5.95. The van der Waals surface area contributed by atoms with E-state index in [1.807, 2.05) is 57.2 Å². The topological polar surface area (TPSA) is 59.2 Å². The number of nitrogens with two attached hydrogens (primary N) is 1. The minimum Gasteiger partial charge on any atom is -0.399 e.